The van der Waals surface area contributed by atoms with Crippen LogP contribution in [-0.2, 0) is 4.74 Å². The lowest BCUT2D eigenvalue weighted by atomic mass is 9.95. The maximum atomic E-state index is 5.26. The summed E-state index contributed by atoms with van der Waals surface area (Å²) in [6.07, 6.45) is 9.91. The van der Waals surface area contributed by atoms with Crippen LogP contribution in [0.5, 0.6) is 0 Å². The second-order valence-corrected chi connectivity index (χ2v) is 6.40. The van der Waals surface area contributed by atoms with Gasteiger partial charge in [-0.2, -0.15) is 0 Å². The van der Waals surface area contributed by atoms with E-state index in [0.29, 0.717) is 0 Å². The summed E-state index contributed by atoms with van der Waals surface area (Å²) in [5.41, 5.74) is 0. The lowest BCUT2D eigenvalue weighted by Gasteiger charge is -2.30. The smallest absolute Gasteiger partial charge is 0.0589 e. The van der Waals surface area contributed by atoms with Crippen molar-refractivity contribution >= 4 is 0 Å². The standard InChI is InChI=1S/C16H32N2O/c1-14(15-8-9-15)18(12-13-19-2)11-10-17-16-6-4-3-5-7-16/h14-17H,3-13H2,1-2H3. The van der Waals surface area contributed by atoms with Crippen LogP contribution in [0.4, 0.5) is 0 Å². The van der Waals surface area contributed by atoms with Gasteiger partial charge in [0.1, 0.15) is 0 Å². The third kappa shape index (κ3) is 5.41. The maximum absolute atomic E-state index is 5.26. The Hall–Kier alpha value is -0.120. The number of hydrogen-bond acceptors (Lipinski definition) is 3. The fraction of sp³-hybridized carbons (Fsp3) is 1.00. The van der Waals surface area contributed by atoms with Crippen LogP contribution in [0.2, 0.25) is 0 Å². The van der Waals surface area contributed by atoms with E-state index < -0.39 is 0 Å². The van der Waals surface area contributed by atoms with Gasteiger partial charge in [0.2, 0.25) is 0 Å². The van der Waals surface area contributed by atoms with Crippen molar-refractivity contribution in [2.45, 2.75) is 64.0 Å². The van der Waals surface area contributed by atoms with Crippen molar-refractivity contribution in [3.8, 4) is 0 Å². The second kappa shape index (κ2) is 8.23. The fourth-order valence-corrected chi connectivity index (χ4v) is 3.32. The number of ether oxygens (including phenoxy) is 1. The Morgan fingerprint density at radius 1 is 1.11 bits per heavy atom. The predicted octanol–water partition coefficient (Wildman–Crippen LogP) is 2.66. The number of nitrogens with one attached hydrogen (secondary N) is 1. The van der Waals surface area contributed by atoms with Crippen molar-refractivity contribution in [3.63, 3.8) is 0 Å². The van der Waals surface area contributed by atoms with Gasteiger partial charge in [-0.3, -0.25) is 4.90 Å². The van der Waals surface area contributed by atoms with Gasteiger partial charge >= 0.3 is 0 Å². The highest BCUT2D eigenvalue weighted by molar-refractivity contribution is 4.85. The molecule has 2 aliphatic carbocycles. The van der Waals surface area contributed by atoms with Gasteiger partial charge in [0.05, 0.1) is 6.61 Å². The van der Waals surface area contributed by atoms with Crippen molar-refractivity contribution in [1.82, 2.24) is 10.2 Å². The molecule has 0 aromatic carbocycles. The van der Waals surface area contributed by atoms with Crippen LogP contribution in [0.1, 0.15) is 51.9 Å². The Bertz CT molecular complexity index is 237. The third-order valence-corrected chi connectivity index (χ3v) is 4.90. The molecule has 2 saturated carbocycles. The lowest BCUT2D eigenvalue weighted by molar-refractivity contribution is 0.116. The Morgan fingerprint density at radius 3 is 2.47 bits per heavy atom. The molecule has 3 nitrogen and oxygen atoms in total. The number of hydrogen-bond donors (Lipinski definition) is 1. The van der Waals surface area contributed by atoms with E-state index in [1.54, 1.807) is 7.11 Å². The van der Waals surface area contributed by atoms with Crippen LogP contribution < -0.4 is 5.32 Å². The quantitative estimate of drug-likeness (QED) is 0.696. The molecule has 0 amide bonds. The first-order chi connectivity index (χ1) is 9.31. The molecule has 1 unspecified atom stereocenters. The van der Waals surface area contributed by atoms with Gasteiger partial charge in [-0.05, 0) is 38.5 Å². The van der Waals surface area contributed by atoms with Crippen LogP contribution >= 0.6 is 0 Å². The van der Waals surface area contributed by atoms with Crippen LogP contribution in [-0.4, -0.2) is 50.3 Å². The highest BCUT2D eigenvalue weighted by Crippen LogP contribution is 2.34. The van der Waals surface area contributed by atoms with E-state index in [-0.39, 0.29) is 0 Å². The van der Waals surface area contributed by atoms with Gasteiger partial charge < -0.3 is 10.1 Å². The molecule has 112 valence electrons. The molecule has 1 N–H and O–H groups in total. The normalized spacial score (nSPS) is 22.9. The molecule has 0 saturated heterocycles. The summed E-state index contributed by atoms with van der Waals surface area (Å²) in [5, 5.41) is 3.76. The van der Waals surface area contributed by atoms with Gasteiger partial charge in [0.25, 0.3) is 0 Å². The van der Waals surface area contributed by atoms with Gasteiger partial charge in [-0.1, -0.05) is 19.3 Å². The molecule has 0 aromatic heterocycles. The van der Waals surface area contributed by atoms with Crippen LogP contribution in [0, 0.1) is 5.92 Å². The van der Waals surface area contributed by atoms with Gasteiger partial charge in [0, 0.05) is 38.8 Å². The molecule has 2 fully saturated rings. The largest absolute Gasteiger partial charge is 0.383 e. The summed E-state index contributed by atoms with van der Waals surface area (Å²) in [5.74, 6) is 0.950. The van der Waals surface area contributed by atoms with Crippen molar-refractivity contribution in [1.29, 1.82) is 0 Å². The van der Waals surface area contributed by atoms with Gasteiger partial charge in [-0.15, -0.1) is 0 Å². The Morgan fingerprint density at radius 2 is 1.84 bits per heavy atom. The fourth-order valence-electron chi connectivity index (χ4n) is 3.32. The zero-order valence-electron chi connectivity index (χ0n) is 12.9. The van der Waals surface area contributed by atoms with E-state index in [1.165, 1.54) is 51.5 Å². The summed E-state index contributed by atoms with van der Waals surface area (Å²) in [7, 11) is 1.81. The highest BCUT2D eigenvalue weighted by Gasteiger charge is 2.31. The number of nitrogens with zero attached hydrogens (tertiary/aromatic N) is 1. The zero-order chi connectivity index (χ0) is 13.5. The predicted molar refractivity (Wildman–Crippen MR) is 80.5 cm³/mol. The van der Waals surface area contributed by atoms with Crippen LogP contribution in [0.3, 0.4) is 0 Å². The Kier molecular flexibility index (Phi) is 6.62. The first kappa shape index (κ1) is 15.3. The van der Waals surface area contributed by atoms with Crippen molar-refractivity contribution in [2.24, 2.45) is 5.92 Å². The first-order valence-corrected chi connectivity index (χ1v) is 8.27. The first-order valence-electron chi connectivity index (χ1n) is 8.27. The average Bonchev–Trinajstić information content (AvgIpc) is 3.27. The van der Waals surface area contributed by atoms with E-state index in [4.69, 9.17) is 4.74 Å². The average molecular weight is 268 g/mol. The molecular formula is C16H32N2O. The van der Waals surface area contributed by atoms with E-state index in [0.717, 1.165) is 37.7 Å². The molecule has 0 heterocycles. The van der Waals surface area contributed by atoms with Crippen LogP contribution in [0.25, 0.3) is 0 Å². The molecule has 0 spiro atoms. The van der Waals surface area contributed by atoms with Crippen molar-refractivity contribution in [3.05, 3.63) is 0 Å². The molecule has 2 aliphatic rings. The molecule has 0 aromatic rings. The number of rotatable bonds is 9. The highest BCUT2D eigenvalue weighted by atomic mass is 16.5. The minimum Gasteiger partial charge on any atom is -0.383 e. The molecule has 19 heavy (non-hydrogen) atoms. The Labute approximate surface area is 119 Å². The minimum absolute atomic E-state index is 0.739. The molecule has 1 atom stereocenters. The lowest BCUT2D eigenvalue weighted by Crippen LogP contribution is -2.43. The molecular weight excluding hydrogens is 236 g/mol. The summed E-state index contributed by atoms with van der Waals surface area (Å²) < 4.78 is 5.26. The third-order valence-electron chi connectivity index (χ3n) is 4.90. The number of methoxy groups -OCH3 is 1. The topological polar surface area (TPSA) is 24.5 Å². The minimum atomic E-state index is 0.739. The van der Waals surface area contributed by atoms with Crippen molar-refractivity contribution in [2.75, 3.05) is 33.4 Å². The molecule has 2 rings (SSSR count). The van der Waals surface area contributed by atoms with Crippen molar-refractivity contribution < 1.29 is 4.74 Å². The van der Waals surface area contributed by atoms with E-state index in [2.05, 4.69) is 17.1 Å². The molecule has 0 aliphatic heterocycles. The summed E-state index contributed by atoms with van der Waals surface area (Å²) in [6, 6.07) is 1.53. The monoisotopic (exact) mass is 268 g/mol. The maximum Gasteiger partial charge on any atom is 0.0589 e. The summed E-state index contributed by atoms with van der Waals surface area (Å²) >= 11 is 0. The summed E-state index contributed by atoms with van der Waals surface area (Å²) in [4.78, 5) is 2.62. The summed E-state index contributed by atoms with van der Waals surface area (Å²) in [6.45, 7) is 6.66. The Balaban J connectivity index is 1.65. The van der Waals surface area contributed by atoms with E-state index in [9.17, 15) is 0 Å². The molecule has 0 radical (unpaired) electrons. The van der Waals surface area contributed by atoms with Gasteiger partial charge in [-0.25, -0.2) is 0 Å². The second-order valence-electron chi connectivity index (χ2n) is 6.40. The van der Waals surface area contributed by atoms with E-state index >= 15 is 0 Å². The van der Waals surface area contributed by atoms with Crippen LogP contribution in [0.15, 0.2) is 0 Å². The molecule has 3 heteroatoms. The zero-order valence-corrected chi connectivity index (χ0v) is 12.9. The van der Waals surface area contributed by atoms with Gasteiger partial charge in [0.15, 0.2) is 0 Å². The molecule has 0 bridgehead atoms. The van der Waals surface area contributed by atoms with E-state index in [1.807, 2.05) is 0 Å². The SMILES string of the molecule is COCCN(CCNC1CCCCC1)C(C)C1CC1.